The number of aromatic nitrogens is 1. The van der Waals surface area contributed by atoms with E-state index in [0.29, 0.717) is 35.4 Å². The van der Waals surface area contributed by atoms with Gasteiger partial charge in [0.25, 0.3) is 0 Å². The minimum absolute atomic E-state index is 0.162. The first-order valence-corrected chi connectivity index (χ1v) is 12.6. The van der Waals surface area contributed by atoms with Crippen LogP contribution in [0.1, 0.15) is 39.2 Å². The number of anilines is 2. The van der Waals surface area contributed by atoms with Gasteiger partial charge < -0.3 is 10.2 Å². The first kappa shape index (κ1) is 21.9. The summed E-state index contributed by atoms with van der Waals surface area (Å²) in [7, 11) is -3.63. The van der Waals surface area contributed by atoms with Crippen LogP contribution < -0.4 is 10.2 Å². The van der Waals surface area contributed by atoms with E-state index in [2.05, 4.69) is 17.2 Å². The zero-order valence-electron chi connectivity index (χ0n) is 17.8. The highest BCUT2D eigenvalue weighted by Gasteiger charge is 2.45. The first-order valence-electron chi connectivity index (χ1n) is 10.3. The Bertz CT molecular complexity index is 1100. The fourth-order valence-corrected chi connectivity index (χ4v) is 6.13. The van der Waals surface area contributed by atoms with Gasteiger partial charge in [-0.3, -0.25) is 9.59 Å². The minimum Gasteiger partial charge on any atom is -0.302 e. The first-order chi connectivity index (χ1) is 14.6. The van der Waals surface area contributed by atoms with Crippen LogP contribution in [-0.2, 0) is 25.0 Å². The smallest absolute Gasteiger partial charge is 0.246 e. The molecule has 0 radical (unpaired) electrons. The molecule has 1 aromatic heterocycles. The minimum atomic E-state index is -3.63. The molecule has 8 nitrogen and oxygen atoms in total. The van der Waals surface area contributed by atoms with Crippen molar-refractivity contribution in [2.24, 2.45) is 5.92 Å². The lowest BCUT2D eigenvalue weighted by molar-refractivity contribution is -0.124. The van der Waals surface area contributed by atoms with Crippen molar-refractivity contribution >= 4 is 44.0 Å². The molecule has 1 saturated heterocycles. The molecule has 0 aliphatic carbocycles. The summed E-state index contributed by atoms with van der Waals surface area (Å²) in [6.07, 6.45) is 3.27. The molecule has 0 unspecified atom stereocenters. The van der Waals surface area contributed by atoms with Gasteiger partial charge in [-0.15, -0.1) is 11.3 Å². The SMILES string of the molecule is CC1CCN(S(=O)(=O)c2ccc3c(c2)C(C)(C)C(=O)N3CC(=O)Nc2nccs2)CC1. The van der Waals surface area contributed by atoms with Crippen molar-refractivity contribution in [2.45, 2.75) is 43.9 Å². The number of hydrogen-bond donors (Lipinski definition) is 1. The Morgan fingerprint density at radius 1 is 1.29 bits per heavy atom. The number of piperidine rings is 1. The summed E-state index contributed by atoms with van der Waals surface area (Å²) >= 11 is 1.30. The third-order valence-electron chi connectivity index (χ3n) is 6.07. The van der Waals surface area contributed by atoms with Crippen LogP contribution in [0.4, 0.5) is 10.8 Å². The van der Waals surface area contributed by atoms with Crippen LogP contribution in [0.2, 0.25) is 0 Å². The van der Waals surface area contributed by atoms with E-state index in [1.165, 1.54) is 26.6 Å². The second-order valence-corrected chi connectivity index (χ2v) is 11.5. The van der Waals surface area contributed by atoms with Gasteiger partial charge in [0.2, 0.25) is 21.8 Å². The number of carbonyl (C=O) groups excluding carboxylic acids is 2. The number of carbonyl (C=O) groups is 2. The lowest BCUT2D eigenvalue weighted by Crippen LogP contribution is -2.40. The molecule has 0 bridgehead atoms. The highest BCUT2D eigenvalue weighted by Crippen LogP contribution is 2.43. The average Bonchev–Trinajstić information content (AvgIpc) is 3.29. The number of nitrogens with zero attached hydrogens (tertiary/aromatic N) is 3. The van der Waals surface area contributed by atoms with E-state index in [1.54, 1.807) is 37.6 Å². The van der Waals surface area contributed by atoms with Gasteiger partial charge in [0.05, 0.1) is 10.3 Å². The highest BCUT2D eigenvalue weighted by molar-refractivity contribution is 7.89. The number of nitrogens with one attached hydrogen (secondary N) is 1. The summed E-state index contributed by atoms with van der Waals surface area (Å²) in [6, 6.07) is 4.77. The Hall–Kier alpha value is -2.30. The number of fused-ring (bicyclic) bond motifs is 1. The van der Waals surface area contributed by atoms with Gasteiger partial charge in [-0.25, -0.2) is 13.4 Å². The van der Waals surface area contributed by atoms with Gasteiger partial charge in [0.1, 0.15) is 6.54 Å². The molecule has 4 rings (SSSR count). The summed E-state index contributed by atoms with van der Waals surface area (Å²) < 4.78 is 27.9. The van der Waals surface area contributed by atoms with Gasteiger partial charge in [0.15, 0.2) is 5.13 Å². The monoisotopic (exact) mass is 462 g/mol. The largest absolute Gasteiger partial charge is 0.302 e. The third kappa shape index (κ3) is 3.99. The maximum atomic E-state index is 13.2. The second-order valence-electron chi connectivity index (χ2n) is 8.67. The number of thiazole rings is 1. The zero-order chi connectivity index (χ0) is 22.4. The van der Waals surface area contributed by atoms with Crippen LogP contribution in [0.15, 0.2) is 34.7 Å². The summed E-state index contributed by atoms with van der Waals surface area (Å²) in [5, 5.41) is 4.90. The Labute approximate surface area is 186 Å². The molecule has 1 aromatic carbocycles. The van der Waals surface area contributed by atoms with E-state index in [4.69, 9.17) is 0 Å². The number of sulfonamides is 1. The van der Waals surface area contributed by atoms with Crippen molar-refractivity contribution in [2.75, 3.05) is 29.9 Å². The van der Waals surface area contributed by atoms with E-state index in [0.717, 1.165) is 12.8 Å². The lowest BCUT2D eigenvalue weighted by Gasteiger charge is -2.29. The second kappa shape index (κ2) is 7.99. The fourth-order valence-electron chi connectivity index (χ4n) is 4.09. The van der Waals surface area contributed by atoms with Crippen molar-refractivity contribution in [3.05, 3.63) is 35.3 Å². The molecule has 166 valence electrons. The third-order valence-corrected chi connectivity index (χ3v) is 8.66. The van der Waals surface area contributed by atoms with Crippen molar-refractivity contribution in [1.82, 2.24) is 9.29 Å². The molecule has 2 aliphatic heterocycles. The van der Waals surface area contributed by atoms with Crippen molar-refractivity contribution in [3.8, 4) is 0 Å². The number of amides is 2. The lowest BCUT2D eigenvalue weighted by atomic mass is 9.86. The van der Waals surface area contributed by atoms with Crippen molar-refractivity contribution in [1.29, 1.82) is 0 Å². The van der Waals surface area contributed by atoms with Gasteiger partial charge in [-0.2, -0.15) is 4.31 Å². The highest BCUT2D eigenvalue weighted by atomic mass is 32.2. The standard InChI is InChI=1S/C21H26N4O4S2/c1-14-6-9-24(10-7-14)31(28,29)15-4-5-17-16(12-15)21(2,3)19(27)25(17)13-18(26)23-20-22-8-11-30-20/h4-5,8,11-12,14H,6-7,9-10,13H2,1-3H3,(H,22,23,26). The fraction of sp³-hybridized carbons (Fsp3) is 0.476. The van der Waals surface area contributed by atoms with E-state index in [-0.39, 0.29) is 23.3 Å². The molecule has 0 saturated carbocycles. The summed E-state index contributed by atoms with van der Waals surface area (Å²) in [5.41, 5.74) is 0.250. The molecule has 2 amide bonds. The van der Waals surface area contributed by atoms with Gasteiger partial charge >= 0.3 is 0 Å². The molecule has 31 heavy (non-hydrogen) atoms. The maximum Gasteiger partial charge on any atom is 0.246 e. The van der Waals surface area contributed by atoms with Crippen LogP contribution in [-0.4, -0.2) is 49.2 Å². The topological polar surface area (TPSA) is 99.7 Å². The Morgan fingerprint density at radius 2 is 2.00 bits per heavy atom. The average molecular weight is 463 g/mol. The van der Waals surface area contributed by atoms with Crippen molar-refractivity contribution in [3.63, 3.8) is 0 Å². The molecule has 0 spiro atoms. The van der Waals surface area contributed by atoms with E-state index >= 15 is 0 Å². The number of rotatable bonds is 5. The summed E-state index contributed by atoms with van der Waals surface area (Å²) in [5.74, 6) is -0.0728. The van der Waals surface area contributed by atoms with Gasteiger partial charge in [-0.1, -0.05) is 6.92 Å². The van der Waals surface area contributed by atoms with Crippen LogP contribution in [0.5, 0.6) is 0 Å². The van der Waals surface area contributed by atoms with E-state index in [9.17, 15) is 18.0 Å². The number of hydrogen-bond acceptors (Lipinski definition) is 6. The van der Waals surface area contributed by atoms with Crippen LogP contribution >= 0.6 is 11.3 Å². The molecule has 1 fully saturated rings. The number of benzene rings is 1. The molecule has 2 aromatic rings. The van der Waals surface area contributed by atoms with Gasteiger partial charge in [0, 0.05) is 30.4 Å². The summed E-state index contributed by atoms with van der Waals surface area (Å²) in [4.78, 5) is 31.2. The van der Waals surface area contributed by atoms with E-state index < -0.39 is 15.4 Å². The Balaban J connectivity index is 1.61. The molecular weight excluding hydrogens is 436 g/mol. The molecule has 1 N–H and O–H groups in total. The van der Waals surface area contributed by atoms with Gasteiger partial charge in [-0.05, 0) is 56.4 Å². The zero-order valence-corrected chi connectivity index (χ0v) is 19.4. The molecule has 2 aliphatic rings. The predicted molar refractivity (Wildman–Crippen MR) is 120 cm³/mol. The predicted octanol–water partition coefficient (Wildman–Crippen LogP) is 2.83. The van der Waals surface area contributed by atoms with Crippen LogP contribution in [0, 0.1) is 5.92 Å². The molecule has 3 heterocycles. The van der Waals surface area contributed by atoms with Crippen LogP contribution in [0.25, 0.3) is 0 Å². The van der Waals surface area contributed by atoms with Crippen LogP contribution in [0.3, 0.4) is 0 Å². The Morgan fingerprint density at radius 3 is 2.65 bits per heavy atom. The maximum absolute atomic E-state index is 13.2. The normalized spacial score (nSPS) is 19.5. The molecule has 0 atom stereocenters. The quantitative estimate of drug-likeness (QED) is 0.737. The summed E-state index contributed by atoms with van der Waals surface area (Å²) in [6.45, 7) is 6.49. The molecule has 10 heteroatoms. The van der Waals surface area contributed by atoms with E-state index in [1.807, 2.05) is 0 Å². The van der Waals surface area contributed by atoms with Crippen molar-refractivity contribution < 1.29 is 18.0 Å². The Kier molecular flexibility index (Phi) is 5.65. The molecular formula is C21H26N4O4S2.